The Hall–Kier alpha value is -1.74. The van der Waals surface area contributed by atoms with Crippen LogP contribution in [0.1, 0.15) is 48.9 Å². The van der Waals surface area contributed by atoms with E-state index in [4.69, 9.17) is 9.47 Å². The minimum absolute atomic E-state index is 0.425. The Balaban J connectivity index is 3.04. The maximum atomic E-state index is 9.86. The number of aliphatic hydroxyl groups is 1. The van der Waals surface area contributed by atoms with Gasteiger partial charge in [-0.25, -0.2) is 0 Å². The van der Waals surface area contributed by atoms with Gasteiger partial charge in [0.05, 0.1) is 20.3 Å². The van der Waals surface area contributed by atoms with Crippen LogP contribution in [0.3, 0.4) is 0 Å². The summed E-state index contributed by atoms with van der Waals surface area (Å²) in [5, 5.41) is 9.86. The molecule has 0 bridgehead atoms. The third-order valence-electron chi connectivity index (χ3n) is 4.75. The monoisotopic (exact) mass is 332 g/mol. The Labute approximate surface area is 147 Å². The molecule has 0 aliphatic heterocycles. The summed E-state index contributed by atoms with van der Waals surface area (Å²) in [6.45, 7) is 14.0. The van der Waals surface area contributed by atoms with Crippen LogP contribution in [0.25, 0.3) is 0 Å². The average molecular weight is 332 g/mol. The molecule has 3 heteroatoms. The molecule has 0 aromatic heterocycles. The molecular weight excluding hydrogens is 300 g/mol. The molecule has 0 aliphatic rings. The third-order valence-corrected chi connectivity index (χ3v) is 4.75. The van der Waals surface area contributed by atoms with Crippen molar-refractivity contribution in [3.63, 3.8) is 0 Å². The lowest BCUT2D eigenvalue weighted by Gasteiger charge is -2.20. The van der Waals surface area contributed by atoms with E-state index in [1.165, 1.54) is 5.57 Å². The summed E-state index contributed by atoms with van der Waals surface area (Å²) in [6, 6.07) is 0. The van der Waals surface area contributed by atoms with Crippen molar-refractivity contribution in [2.75, 3.05) is 14.2 Å². The molecule has 1 rings (SSSR count). The van der Waals surface area contributed by atoms with Gasteiger partial charge in [-0.3, -0.25) is 0 Å². The predicted octanol–water partition coefficient (Wildman–Crippen LogP) is 4.84. The minimum Gasteiger partial charge on any atom is -0.496 e. The first kappa shape index (κ1) is 20.3. The first-order valence-corrected chi connectivity index (χ1v) is 8.44. The van der Waals surface area contributed by atoms with Crippen LogP contribution >= 0.6 is 0 Å². The normalized spacial score (nSPS) is 12.9. The highest BCUT2D eigenvalue weighted by Crippen LogP contribution is 2.38. The van der Waals surface area contributed by atoms with Crippen molar-refractivity contribution >= 4 is 0 Å². The lowest BCUT2D eigenvalue weighted by molar-refractivity contribution is 0.201. The molecule has 24 heavy (non-hydrogen) atoms. The van der Waals surface area contributed by atoms with Gasteiger partial charge >= 0.3 is 0 Å². The molecule has 134 valence electrons. The molecule has 0 spiro atoms. The van der Waals surface area contributed by atoms with E-state index in [1.54, 1.807) is 14.2 Å². The molecule has 1 aromatic carbocycles. The molecule has 0 amide bonds. The summed E-state index contributed by atoms with van der Waals surface area (Å²) in [6.07, 6.45) is 4.15. The van der Waals surface area contributed by atoms with Gasteiger partial charge in [0.25, 0.3) is 0 Å². The fourth-order valence-electron chi connectivity index (χ4n) is 2.97. The second-order valence-corrected chi connectivity index (χ2v) is 6.58. The summed E-state index contributed by atoms with van der Waals surface area (Å²) >= 11 is 0. The molecule has 1 atom stereocenters. The molecule has 0 heterocycles. The fourth-order valence-corrected chi connectivity index (χ4v) is 2.97. The van der Waals surface area contributed by atoms with Gasteiger partial charge in [-0.2, -0.15) is 0 Å². The molecule has 0 radical (unpaired) electrons. The van der Waals surface area contributed by atoms with Crippen molar-refractivity contribution in [2.24, 2.45) is 0 Å². The Morgan fingerprint density at radius 3 is 2.08 bits per heavy atom. The number of aliphatic hydroxyl groups excluding tert-OH is 1. The summed E-state index contributed by atoms with van der Waals surface area (Å²) in [5.41, 5.74) is 6.62. The van der Waals surface area contributed by atoms with E-state index < -0.39 is 6.10 Å². The van der Waals surface area contributed by atoms with Gasteiger partial charge in [-0.15, -0.1) is 0 Å². The van der Waals surface area contributed by atoms with E-state index in [0.29, 0.717) is 6.42 Å². The van der Waals surface area contributed by atoms with E-state index in [1.807, 2.05) is 6.92 Å². The predicted molar refractivity (Wildman–Crippen MR) is 101 cm³/mol. The van der Waals surface area contributed by atoms with Crippen molar-refractivity contribution in [1.82, 2.24) is 0 Å². The first-order chi connectivity index (χ1) is 11.2. The van der Waals surface area contributed by atoms with Crippen LogP contribution in [0.4, 0.5) is 0 Å². The van der Waals surface area contributed by atoms with Gasteiger partial charge in [0, 0.05) is 5.56 Å². The molecule has 1 aromatic rings. The van der Waals surface area contributed by atoms with Gasteiger partial charge in [-0.05, 0) is 70.6 Å². The van der Waals surface area contributed by atoms with Gasteiger partial charge in [0.2, 0.25) is 0 Å². The van der Waals surface area contributed by atoms with Crippen LogP contribution in [0.15, 0.2) is 23.8 Å². The molecule has 1 unspecified atom stereocenters. The number of hydrogen-bond acceptors (Lipinski definition) is 3. The van der Waals surface area contributed by atoms with Gasteiger partial charge in [-0.1, -0.05) is 23.8 Å². The van der Waals surface area contributed by atoms with E-state index in [2.05, 4.69) is 40.3 Å². The molecule has 0 saturated heterocycles. The van der Waals surface area contributed by atoms with Crippen LogP contribution in [-0.4, -0.2) is 25.4 Å². The zero-order chi connectivity index (χ0) is 18.4. The number of benzene rings is 1. The highest BCUT2D eigenvalue weighted by molar-refractivity contribution is 5.58. The quantitative estimate of drug-likeness (QED) is 0.693. The summed E-state index contributed by atoms with van der Waals surface area (Å²) in [4.78, 5) is 0. The van der Waals surface area contributed by atoms with E-state index in [0.717, 1.165) is 52.2 Å². The summed E-state index contributed by atoms with van der Waals surface area (Å²) in [7, 11) is 3.43. The highest BCUT2D eigenvalue weighted by Gasteiger charge is 2.17. The Kier molecular flexibility index (Phi) is 7.56. The number of rotatable bonds is 8. The molecule has 0 fully saturated rings. The van der Waals surface area contributed by atoms with Crippen molar-refractivity contribution < 1.29 is 14.6 Å². The molecular formula is C21H32O3. The van der Waals surface area contributed by atoms with Crippen LogP contribution in [0.5, 0.6) is 11.5 Å². The SMILES string of the molecule is C=C(C)C(O)CC/C(C)=C/Cc1c(C)c(OC)c(C)c(C)c1OC. The molecule has 1 N–H and O–H groups in total. The number of allylic oxidation sites excluding steroid dienone is 2. The lowest BCUT2D eigenvalue weighted by atomic mass is 9.94. The lowest BCUT2D eigenvalue weighted by Crippen LogP contribution is -2.07. The molecule has 0 saturated carbocycles. The zero-order valence-corrected chi connectivity index (χ0v) is 16.2. The Morgan fingerprint density at radius 2 is 1.58 bits per heavy atom. The van der Waals surface area contributed by atoms with Crippen LogP contribution in [-0.2, 0) is 6.42 Å². The van der Waals surface area contributed by atoms with Crippen molar-refractivity contribution in [3.05, 3.63) is 46.1 Å². The van der Waals surface area contributed by atoms with Crippen molar-refractivity contribution in [2.45, 2.75) is 60.0 Å². The smallest absolute Gasteiger partial charge is 0.126 e. The van der Waals surface area contributed by atoms with Gasteiger partial charge < -0.3 is 14.6 Å². The molecule has 3 nitrogen and oxygen atoms in total. The second-order valence-electron chi connectivity index (χ2n) is 6.58. The minimum atomic E-state index is -0.425. The molecule has 0 aliphatic carbocycles. The van der Waals surface area contributed by atoms with E-state index in [-0.39, 0.29) is 0 Å². The third kappa shape index (κ3) is 4.64. The highest BCUT2D eigenvalue weighted by atomic mass is 16.5. The van der Waals surface area contributed by atoms with Crippen LogP contribution < -0.4 is 9.47 Å². The summed E-state index contributed by atoms with van der Waals surface area (Å²) < 4.78 is 11.3. The second kappa shape index (κ2) is 8.93. The maximum Gasteiger partial charge on any atom is 0.126 e. The Morgan fingerprint density at radius 1 is 1.04 bits per heavy atom. The van der Waals surface area contributed by atoms with E-state index in [9.17, 15) is 5.11 Å². The van der Waals surface area contributed by atoms with Gasteiger partial charge in [0.1, 0.15) is 11.5 Å². The maximum absolute atomic E-state index is 9.86. The first-order valence-electron chi connectivity index (χ1n) is 8.44. The number of hydrogen-bond donors (Lipinski definition) is 1. The Bertz CT molecular complexity index is 627. The zero-order valence-electron chi connectivity index (χ0n) is 16.2. The van der Waals surface area contributed by atoms with Gasteiger partial charge in [0.15, 0.2) is 0 Å². The van der Waals surface area contributed by atoms with Crippen molar-refractivity contribution in [1.29, 1.82) is 0 Å². The fraction of sp³-hybridized carbons (Fsp3) is 0.524. The van der Waals surface area contributed by atoms with Crippen molar-refractivity contribution in [3.8, 4) is 11.5 Å². The topological polar surface area (TPSA) is 38.7 Å². The summed E-state index contributed by atoms with van der Waals surface area (Å²) in [5.74, 6) is 1.88. The van der Waals surface area contributed by atoms with Crippen LogP contribution in [0.2, 0.25) is 0 Å². The standard InChI is InChI=1S/C21H32O3/c1-13(2)19(22)12-10-14(3)9-11-18-17(6)20(23-7)15(4)16(5)21(18)24-8/h9,19,22H,1,10-12H2,2-8H3/b14-9+. The van der Waals surface area contributed by atoms with Crippen LogP contribution in [0, 0.1) is 20.8 Å². The number of ether oxygens (including phenoxy) is 2. The largest absolute Gasteiger partial charge is 0.496 e. The van der Waals surface area contributed by atoms with E-state index >= 15 is 0 Å². The average Bonchev–Trinajstić information content (AvgIpc) is 2.54. The number of methoxy groups -OCH3 is 2.